The first kappa shape index (κ1) is 43.0. The van der Waals surface area contributed by atoms with Crippen LogP contribution in [0.4, 0.5) is 0 Å². The summed E-state index contributed by atoms with van der Waals surface area (Å²) in [5.41, 5.74) is 4.60. The van der Waals surface area contributed by atoms with Crippen LogP contribution in [-0.4, -0.2) is 55.8 Å². The molecule has 0 unspecified atom stereocenters. The molecule has 252 valence electrons. The van der Waals surface area contributed by atoms with E-state index < -0.39 is 18.5 Å². The number of amides is 1. The molecule has 42 heavy (non-hydrogen) atoms. The highest BCUT2D eigenvalue weighted by Gasteiger charge is 2.25. The summed E-state index contributed by atoms with van der Waals surface area (Å²) in [6.07, 6.45) is 34.8. The van der Waals surface area contributed by atoms with Crippen LogP contribution in [0.25, 0.3) is 0 Å². The van der Waals surface area contributed by atoms with Crippen molar-refractivity contribution in [1.82, 2.24) is 0 Å². The predicted octanol–water partition coefficient (Wildman–Crippen LogP) is 8.48. The van der Waals surface area contributed by atoms with E-state index >= 15 is 0 Å². The Hall–Kier alpha value is -1.14. The Morgan fingerprint density at radius 3 is 0.976 bits per heavy atom. The van der Waals surface area contributed by atoms with Crippen LogP contribution < -0.4 is 10.8 Å². The van der Waals surface area contributed by atoms with Gasteiger partial charge in [-0.1, -0.05) is 130 Å². The number of ether oxygens (including phenoxy) is 1. The summed E-state index contributed by atoms with van der Waals surface area (Å²) in [5.74, 6) is -2.06. The lowest BCUT2D eigenvalue weighted by atomic mass is 10.0. The molecule has 0 aromatic heterocycles. The highest BCUT2D eigenvalue weighted by atomic mass is 16.5. The normalized spacial score (nSPS) is 11.3. The van der Waals surface area contributed by atoms with E-state index in [2.05, 4.69) is 38.2 Å². The molecule has 0 rings (SSSR count). The Kier molecular flexibility index (Phi) is 35.2. The number of hydrogen-bond donors (Lipinski definition) is 1. The molecule has 0 aliphatic heterocycles. The summed E-state index contributed by atoms with van der Waals surface area (Å²) < 4.78 is 5.70. The summed E-state index contributed by atoms with van der Waals surface area (Å²) in [4.78, 5) is 19.5. The number of hydrogen-bond acceptors (Lipinski definition) is 4. The van der Waals surface area contributed by atoms with Gasteiger partial charge in [-0.15, -0.1) is 0 Å². The van der Waals surface area contributed by atoms with Gasteiger partial charge in [0.25, 0.3) is 0 Å². The van der Waals surface area contributed by atoms with Gasteiger partial charge in [0.1, 0.15) is 6.61 Å². The van der Waals surface area contributed by atoms with E-state index in [0.29, 0.717) is 0 Å². The third kappa shape index (κ3) is 33.4. The van der Waals surface area contributed by atoms with Gasteiger partial charge >= 0.3 is 0 Å². The fourth-order valence-electron chi connectivity index (χ4n) is 5.82. The maximum Gasteiger partial charge on any atom is 0.243 e. The van der Waals surface area contributed by atoms with Gasteiger partial charge < -0.3 is 24.9 Å². The summed E-state index contributed by atoms with van der Waals surface area (Å²) in [7, 11) is 0. The second-order valence-electron chi connectivity index (χ2n) is 12.6. The maximum atomic E-state index is 9.86. The lowest BCUT2D eigenvalue weighted by Crippen LogP contribution is -2.50. The van der Waals surface area contributed by atoms with Crippen molar-refractivity contribution in [2.75, 3.05) is 39.4 Å². The number of carboxylic acid groups (broad SMARTS) is 1. The molecule has 0 spiro atoms. The zero-order valence-corrected chi connectivity index (χ0v) is 28.9. The summed E-state index contributed by atoms with van der Waals surface area (Å²) in [6.45, 7) is 14.3. The van der Waals surface area contributed by atoms with Crippen LogP contribution in [-0.2, 0) is 14.3 Å². The summed E-state index contributed by atoms with van der Waals surface area (Å²) in [6, 6.07) is 0. The van der Waals surface area contributed by atoms with Crippen molar-refractivity contribution in [3.8, 4) is 0 Å². The molecule has 0 fully saturated rings. The minimum absolute atomic E-state index is 0.381. The molecule has 0 atom stereocenters. The Balaban J connectivity index is 0. The molecule has 0 aromatic carbocycles. The number of nitrogens with zero attached hydrogens (tertiary/aromatic N) is 1. The van der Waals surface area contributed by atoms with E-state index in [1.807, 2.05) is 0 Å². The molecule has 1 amide bonds. The molecular weight excluding hydrogens is 524 g/mol. The average Bonchev–Trinajstić information content (AvgIpc) is 2.96. The summed E-state index contributed by atoms with van der Waals surface area (Å²) >= 11 is 0. The van der Waals surface area contributed by atoms with E-state index in [9.17, 15) is 14.7 Å². The van der Waals surface area contributed by atoms with Crippen molar-refractivity contribution in [2.45, 2.75) is 182 Å². The quantitative estimate of drug-likeness (QED) is 0.0621. The van der Waals surface area contributed by atoms with Gasteiger partial charge in [0.2, 0.25) is 5.91 Å². The van der Waals surface area contributed by atoms with Crippen LogP contribution in [0.5, 0.6) is 0 Å². The van der Waals surface area contributed by atoms with Crippen molar-refractivity contribution in [3.05, 3.63) is 0 Å². The van der Waals surface area contributed by atoms with Crippen molar-refractivity contribution >= 4 is 11.9 Å². The monoisotopic (exact) mass is 599 g/mol. The molecule has 0 radical (unpaired) electrons. The molecule has 6 heteroatoms. The van der Waals surface area contributed by atoms with Gasteiger partial charge in [-0.2, -0.15) is 0 Å². The van der Waals surface area contributed by atoms with Crippen LogP contribution in [0.1, 0.15) is 182 Å². The molecule has 0 aliphatic rings. The number of quaternary nitrogens is 1. The minimum atomic E-state index is -1.36. The summed E-state index contributed by atoms with van der Waals surface area (Å²) in [5, 5.41) is 9.59. The molecule has 0 heterocycles. The van der Waals surface area contributed by atoms with Gasteiger partial charge in [-0.25, -0.2) is 0 Å². The number of unbranched alkanes of at least 4 members (excludes halogenated alkanes) is 20. The third-order valence-electron chi connectivity index (χ3n) is 8.41. The van der Waals surface area contributed by atoms with Gasteiger partial charge in [-0.05, 0) is 51.4 Å². The number of rotatable bonds is 32. The number of aliphatic carboxylic acids is 1. The smallest absolute Gasteiger partial charge is 0.243 e. The number of carbonyl (C=O) groups is 2. The topological polar surface area (TPSA) is 92.5 Å². The van der Waals surface area contributed by atoms with E-state index in [1.165, 1.54) is 185 Å². The first-order valence-corrected chi connectivity index (χ1v) is 18.3. The standard InChI is InChI=1S/C32H68N.C4H7NO4/c1-5-9-13-17-21-25-29-33(30-26-22-18-14-10-6-2,31-27-23-19-15-11-7-3)32-28-24-20-16-12-8-4;5-3(6)1-9-2-4(7)8/h5-32H2,1-4H3;1-2H2,(H2,5,6)(H,7,8)/q+1;/p-1. The van der Waals surface area contributed by atoms with Crippen LogP contribution in [0, 0.1) is 0 Å². The first-order valence-electron chi connectivity index (χ1n) is 18.3. The molecule has 0 aliphatic carbocycles. The van der Waals surface area contributed by atoms with Gasteiger partial charge in [0.05, 0.1) is 38.8 Å². The van der Waals surface area contributed by atoms with Gasteiger partial charge in [0.15, 0.2) is 0 Å². The SMILES string of the molecule is CCCCCCCC[N+](CCCCCCCC)(CCCCCCCC)CCCCCCCC.NC(=O)COCC(=O)[O-]. The predicted molar refractivity (Wildman–Crippen MR) is 178 cm³/mol. The van der Waals surface area contributed by atoms with Crippen LogP contribution in [0.2, 0.25) is 0 Å². The number of carboxylic acids is 1. The Morgan fingerprint density at radius 2 is 0.738 bits per heavy atom. The highest BCUT2D eigenvalue weighted by Crippen LogP contribution is 2.20. The van der Waals surface area contributed by atoms with Crippen molar-refractivity contribution in [2.24, 2.45) is 5.73 Å². The van der Waals surface area contributed by atoms with Crippen LogP contribution in [0.3, 0.4) is 0 Å². The minimum Gasteiger partial charge on any atom is -0.548 e. The molecule has 0 bridgehead atoms. The zero-order valence-electron chi connectivity index (χ0n) is 28.9. The molecular formula is C36H74N2O4. The van der Waals surface area contributed by atoms with E-state index in [-0.39, 0.29) is 6.61 Å². The first-order chi connectivity index (χ1) is 20.4. The second kappa shape index (κ2) is 34.4. The van der Waals surface area contributed by atoms with Gasteiger partial charge in [0, 0.05) is 0 Å². The van der Waals surface area contributed by atoms with Crippen LogP contribution >= 0.6 is 0 Å². The Morgan fingerprint density at radius 1 is 0.476 bits per heavy atom. The highest BCUT2D eigenvalue weighted by molar-refractivity contribution is 5.75. The molecule has 0 saturated heterocycles. The Labute approximate surface area is 262 Å². The molecule has 6 nitrogen and oxygen atoms in total. The third-order valence-corrected chi connectivity index (χ3v) is 8.41. The van der Waals surface area contributed by atoms with Gasteiger partial charge in [-0.3, -0.25) is 4.79 Å². The Bertz CT molecular complexity index is 487. The number of nitrogens with two attached hydrogens (primary N) is 1. The lowest BCUT2D eigenvalue weighted by molar-refractivity contribution is -0.929. The van der Waals surface area contributed by atoms with Crippen molar-refractivity contribution in [3.63, 3.8) is 0 Å². The molecule has 2 N–H and O–H groups in total. The van der Waals surface area contributed by atoms with Crippen molar-refractivity contribution in [1.29, 1.82) is 0 Å². The second-order valence-corrected chi connectivity index (χ2v) is 12.6. The van der Waals surface area contributed by atoms with E-state index in [4.69, 9.17) is 0 Å². The van der Waals surface area contributed by atoms with Crippen LogP contribution in [0.15, 0.2) is 0 Å². The number of carbonyl (C=O) groups excluding carboxylic acids is 2. The maximum absolute atomic E-state index is 9.86. The lowest BCUT2D eigenvalue weighted by Gasteiger charge is -2.40. The molecule has 0 aromatic rings. The largest absolute Gasteiger partial charge is 0.548 e. The zero-order chi connectivity index (χ0) is 31.6. The van der Waals surface area contributed by atoms with E-state index in [1.54, 1.807) is 0 Å². The fourth-order valence-corrected chi connectivity index (χ4v) is 5.82. The fraction of sp³-hybridized carbons (Fsp3) is 0.944. The van der Waals surface area contributed by atoms with E-state index in [0.717, 1.165) is 0 Å². The molecule has 0 saturated carbocycles. The average molecular weight is 599 g/mol. The van der Waals surface area contributed by atoms with Crippen molar-refractivity contribution < 1.29 is 23.9 Å². The number of primary amides is 1.